The van der Waals surface area contributed by atoms with Gasteiger partial charge in [0.25, 0.3) is 0 Å². The minimum atomic E-state index is -4.26. The molecular weight excluding hydrogens is 268 g/mol. The van der Waals surface area contributed by atoms with Crippen molar-refractivity contribution >= 4 is 22.3 Å². The molecule has 104 valence electrons. The highest BCUT2D eigenvalue weighted by molar-refractivity contribution is 7.87. The van der Waals surface area contributed by atoms with Crippen LogP contribution in [0.15, 0.2) is 0 Å². The summed E-state index contributed by atoms with van der Waals surface area (Å²) in [5, 5.41) is 8.95. The van der Waals surface area contributed by atoms with E-state index in [1.54, 1.807) is 4.72 Å². The van der Waals surface area contributed by atoms with Crippen LogP contribution in [0.3, 0.4) is 0 Å². The molecule has 1 amide bonds. The first-order chi connectivity index (χ1) is 8.31. The van der Waals surface area contributed by atoms with E-state index >= 15 is 0 Å². The molecule has 1 fully saturated rings. The molecule has 1 saturated heterocycles. The Hall–Kier alpha value is -1.39. The molecule has 1 aliphatic rings. The maximum absolute atomic E-state index is 11.8. The van der Waals surface area contributed by atoms with E-state index in [-0.39, 0.29) is 13.0 Å². The van der Waals surface area contributed by atoms with Crippen LogP contribution >= 0.6 is 0 Å². The minimum absolute atomic E-state index is 0.0217. The number of carboxylic acid groups (broad SMARTS) is 1. The molecule has 2 unspecified atom stereocenters. The smallest absolute Gasteiger partial charge is 0.421 e. The van der Waals surface area contributed by atoms with Crippen molar-refractivity contribution in [3.63, 3.8) is 0 Å². The average Bonchev–Trinajstić information content (AvgIpc) is 2.73. The predicted molar refractivity (Wildman–Crippen MR) is 58.0 cm³/mol. The number of hydrogen-bond donors (Lipinski definition) is 2. The summed E-state index contributed by atoms with van der Waals surface area (Å²) in [4.78, 5) is 21.9. The second-order valence-corrected chi connectivity index (χ2v) is 5.24. The van der Waals surface area contributed by atoms with Gasteiger partial charge in [0.15, 0.2) is 0 Å². The van der Waals surface area contributed by atoms with Crippen molar-refractivity contribution in [2.45, 2.75) is 18.6 Å². The Morgan fingerprint density at radius 2 is 2.00 bits per heavy atom. The number of ether oxygens (including phenoxy) is 2. The predicted octanol–water partition coefficient (Wildman–Crippen LogP) is -1.24. The van der Waals surface area contributed by atoms with Gasteiger partial charge in [-0.3, -0.25) is 4.79 Å². The molecule has 0 bridgehead atoms. The van der Waals surface area contributed by atoms with Crippen molar-refractivity contribution in [1.29, 1.82) is 0 Å². The highest BCUT2D eigenvalue weighted by Crippen LogP contribution is 2.22. The number of carbonyl (C=O) groups excluding carboxylic acids is 1. The van der Waals surface area contributed by atoms with Gasteiger partial charge in [-0.2, -0.15) is 12.7 Å². The zero-order valence-electron chi connectivity index (χ0n) is 9.82. The van der Waals surface area contributed by atoms with Crippen molar-refractivity contribution in [1.82, 2.24) is 9.03 Å². The van der Waals surface area contributed by atoms with Gasteiger partial charge in [-0.1, -0.05) is 0 Å². The van der Waals surface area contributed by atoms with Crippen molar-refractivity contribution in [2.75, 3.05) is 20.8 Å². The first kappa shape index (κ1) is 14.7. The molecule has 1 aliphatic heterocycles. The third-order valence-electron chi connectivity index (χ3n) is 2.54. The summed E-state index contributed by atoms with van der Waals surface area (Å²) in [5.41, 5.74) is 0. The number of methoxy groups -OCH3 is 2. The average molecular weight is 282 g/mol. The summed E-state index contributed by atoms with van der Waals surface area (Å²) in [7, 11) is -1.90. The second-order valence-electron chi connectivity index (χ2n) is 3.62. The molecule has 0 aliphatic carbocycles. The lowest BCUT2D eigenvalue weighted by Crippen LogP contribution is -2.48. The molecule has 0 aromatic carbocycles. The molecule has 0 aromatic heterocycles. The van der Waals surface area contributed by atoms with Crippen LogP contribution in [0.1, 0.15) is 6.42 Å². The Morgan fingerprint density at radius 1 is 1.39 bits per heavy atom. The standard InChI is InChI=1S/C8H14N2O7S/c1-16-5-3-6(7(11)12)10(4-5)18(14,15)9-8(13)17-2/h5-6H,3-4H2,1-2H3,(H,9,13)(H,11,12). The number of amides is 1. The lowest BCUT2D eigenvalue weighted by Gasteiger charge is -2.20. The summed E-state index contributed by atoms with van der Waals surface area (Å²) in [5.74, 6) is -1.30. The van der Waals surface area contributed by atoms with Gasteiger partial charge in [-0.15, -0.1) is 0 Å². The maximum atomic E-state index is 11.8. The summed E-state index contributed by atoms with van der Waals surface area (Å²) in [6.07, 6.45) is -1.69. The number of nitrogens with zero attached hydrogens (tertiary/aromatic N) is 1. The zero-order valence-corrected chi connectivity index (χ0v) is 10.6. The molecule has 0 saturated carbocycles. The van der Waals surface area contributed by atoms with Gasteiger partial charge in [-0.05, 0) is 0 Å². The van der Waals surface area contributed by atoms with E-state index in [9.17, 15) is 18.0 Å². The van der Waals surface area contributed by atoms with E-state index < -0.39 is 34.4 Å². The van der Waals surface area contributed by atoms with Crippen LogP contribution in [-0.4, -0.2) is 62.8 Å². The number of nitrogens with one attached hydrogen (secondary N) is 1. The fraction of sp³-hybridized carbons (Fsp3) is 0.750. The molecule has 2 atom stereocenters. The van der Waals surface area contributed by atoms with Gasteiger partial charge in [0, 0.05) is 20.1 Å². The topological polar surface area (TPSA) is 122 Å². The second kappa shape index (κ2) is 5.50. The first-order valence-corrected chi connectivity index (χ1v) is 6.39. The maximum Gasteiger partial charge on any atom is 0.421 e. The van der Waals surface area contributed by atoms with Gasteiger partial charge in [0.1, 0.15) is 6.04 Å². The van der Waals surface area contributed by atoms with Crippen LogP contribution < -0.4 is 4.72 Å². The molecule has 18 heavy (non-hydrogen) atoms. The van der Waals surface area contributed by atoms with E-state index in [1.165, 1.54) is 7.11 Å². The van der Waals surface area contributed by atoms with Crippen LogP contribution in [0.4, 0.5) is 4.79 Å². The molecular formula is C8H14N2O7S. The van der Waals surface area contributed by atoms with Crippen LogP contribution in [0, 0.1) is 0 Å². The highest BCUT2D eigenvalue weighted by atomic mass is 32.2. The van der Waals surface area contributed by atoms with E-state index in [1.807, 2.05) is 0 Å². The van der Waals surface area contributed by atoms with E-state index in [0.717, 1.165) is 7.11 Å². The van der Waals surface area contributed by atoms with E-state index in [4.69, 9.17) is 9.84 Å². The quantitative estimate of drug-likeness (QED) is 0.661. The largest absolute Gasteiger partial charge is 0.480 e. The molecule has 10 heteroatoms. The third kappa shape index (κ3) is 3.09. The molecule has 1 heterocycles. The molecule has 0 spiro atoms. The molecule has 0 radical (unpaired) electrons. The van der Waals surface area contributed by atoms with Gasteiger partial charge < -0.3 is 14.6 Å². The lowest BCUT2D eigenvalue weighted by atomic mass is 10.2. The third-order valence-corrected chi connectivity index (χ3v) is 3.99. The molecule has 0 aromatic rings. The Balaban J connectivity index is 2.91. The number of carbonyl (C=O) groups is 2. The summed E-state index contributed by atoms with van der Waals surface area (Å²) >= 11 is 0. The van der Waals surface area contributed by atoms with Crippen molar-refractivity contribution in [2.24, 2.45) is 0 Å². The Morgan fingerprint density at radius 3 is 2.44 bits per heavy atom. The van der Waals surface area contributed by atoms with Crippen LogP contribution in [0.2, 0.25) is 0 Å². The first-order valence-electron chi connectivity index (χ1n) is 4.95. The van der Waals surface area contributed by atoms with Crippen LogP contribution in [-0.2, 0) is 24.5 Å². The molecule has 9 nitrogen and oxygen atoms in total. The van der Waals surface area contributed by atoms with Gasteiger partial charge in [-0.25, -0.2) is 9.52 Å². The Bertz CT molecular complexity index is 435. The SMILES string of the molecule is COC(=O)NS(=O)(=O)N1CC(OC)CC1C(=O)O. The fourth-order valence-electron chi connectivity index (χ4n) is 1.64. The van der Waals surface area contributed by atoms with E-state index in [0.29, 0.717) is 4.31 Å². The number of carboxylic acids is 1. The number of rotatable bonds is 4. The number of hydrogen-bond acceptors (Lipinski definition) is 6. The summed E-state index contributed by atoms with van der Waals surface area (Å²) in [6.45, 7) is -0.139. The Labute approximate surface area is 104 Å². The van der Waals surface area contributed by atoms with Crippen molar-refractivity contribution in [3.8, 4) is 0 Å². The lowest BCUT2D eigenvalue weighted by molar-refractivity contribution is -0.140. The zero-order chi connectivity index (χ0) is 13.9. The van der Waals surface area contributed by atoms with Crippen LogP contribution in [0.5, 0.6) is 0 Å². The van der Waals surface area contributed by atoms with Gasteiger partial charge in [0.2, 0.25) is 0 Å². The normalized spacial score (nSPS) is 24.8. The number of aliphatic carboxylic acids is 1. The Kier molecular flexibility index (Phi) is 4.48. The van der Waals surface area contributed by atoms with Crippen molar-refractivity contribution in [3.05, 3.63) is 0 Å². The van der Waals surface area contributed by atoms with Gasteiger partial charge in [0.05, 0.1) is 13.2 Å². The summed E-state index contributed by atoms with van der Waals surface area (Å²) in [6, 6.07) is -1.27. The van der Waals surface area contributed by atoms with Crippen molar-refractivity contribution < 1.29 is 32.6 Å². The summed E-state index contributed by atoms with van der Waals surface area (Å²) < 4.78 is 34.9. The highest BCUT2D eigenvalue weighted by Gasteiger charge is 2.44. The monoisotopic (exact) mass is 282 g/mol. The minimum Gasteiger partial charge on any atom is -0.480 e. The molecule has 1 rings (SSSR count). The fourth-order valence-corrected chi connectivity index (χ4v) is 2.92. The van der Waals surface area contributed by atoms with Crippen LogP contribution in [0.25, 0.3) is 0 Å². The van der Waals surface area contributed by atoms with E-state index in [2.05, 4.69) is 4.74 Å². The molecule has 2 N–H and O–H groups in total. The van der Waals surface area contributed by atoms with Gasteiger partial charge >= 0.3 is 22.3 Å².